The number of aryl methyl sites for hydroxylation is 1. The van der Waals surface area contributed by atoms with Crippen LogP contribution in [-0.4, -0.2) is 6.26 Å². The molecule has 0 N–H and O–H groups in total. The van der Waals surface area contributed by atoms with E-state index in [0.29, 0.717) is 0 Å². The average molecular weight is 260 g/mol. The van der Waals surface area contributed by atoms with Gasteiger partial charge in [0.1, 0.15) is 0 Å². The van der Waals surface area contributed by atoms with Crippen LogP contribution in [0.4, 0.5) is 0 Å². The fourth-order valence-corrected chi connectivity index (χ4v) is 3.10. The molecule has 1 unspecified atom stereocenters. The Balaban J connectivity index is 1.80. The summed E-state index contributed by atoms with van der Waals surface area (Å²) in [5.74, 6) is 0.940. The van der Waals surface area contributed by atoms with E-state index in [1.165, 1.54) is 55.4 Å². The van der Waals surface area contributed by atoms with Gasteiger partial charge in [0.05, 0.1) is 0 Å². The van der Waals surface area contributed by atoms with Crippen LogP contribution < -0.4 is 0 Å². The number of benzene rings is 1. The first-order valence-electron chi connectivity index (χ1n) is 7.16. The Morgan fingerprint density at radius 2 is 1.83 bits per heavy atom. The quantitative estimate of drug-likeness (QED) is 0.510. The molecule has 1 aliphatic carbocycles. The van der Waals surface area contributed by atoms with E-state index in [0.717, 1.165) is 5.92 Å². The summed E-state index contributed by atoms with van der Waals surface area (Å²) in [6, 6.07) is 9.10. The second-order valence-electron chi connectivity index (χ2n) is 5.23. The largest absolute Gasteiger partial charge is 0.130 e. The van der Waals surface area contributed by atoms with E-state index in [9.17, 15) is 0 Å². The lowest BCUT2D eigenvalue weighted by Crippen LogP contribution is -2.03. The molecule has 0 fully saturated rings. The lowest BCUT2D eigenvalue weighted by Gasteiger charge is -2.17. The van der Waals surface area contributed by atoms with Crippen molar-refractivity contribution in [2.75, 3.05) is 6.26 Å². The Bertz CT molecular complexity index is 364. The molecule has 2 rings (SSSR count). The molecule has 0 amide bonds. The van der Waals surface area contributed by atoms with Gasteiger partial charge in [0.2, 0.25) is 0 Å². The molecule has 18 heavy (non-hydrogen) atoms. The third-order valence-electron chi connectivity index (χ3n) is 3.89. The maximum absolute atomic E-state index is 2.37. The molecular weight excluding hydrogens is 236 g/mol. The fourth-order valence-electron chi connectivity index (χ4n) is 2.69. The van der Waals surface area contributed by atoms with E-state index >= 15 is 0 Å². The van der Waals surface area contributed by atoms with Crippen molar-refractivity contribution in [1.29, 1.82) is 0 Å². The molecule has 0 saturated heterocycles. The highest BCUT2D eigenvalue weighted by Crippen LogP contribution is 2.24. The SMILES string of the molecule is CSc1ccc(CCC2CC/C=C\CCC2)cc1. The first-order valence-corrected chi connectivity index (χ1v) is 8.39. The van der Waals surface area contributed by atoms with Crippen molar-refractivity contribution in [2.45, 2.75) is 49.8 Å². The summed E-state index contributed by atoms with van der Waals surface area (Å²) in [5.41, 5.74) is 1.51. The summed E-state index contributed by atoms with van der Waals surface area (Å²) in [7, 11) is 0. The van der Waals surface area contributed by atoms with E-state index in [-0.39, 0.29) is 0 Å². The van der Waals surface area contributed by atoms with E-state index in [4.69, 9.17) is 0 Å². The summed E-state index contributed by atoms with van der Waals surface area (Å²) in [6.45, 7) is 0. The van der Waals surface area contributed by atoms with Crippen LogP contribution >= 0.6 is 11.8 Å². The molecule has 98 valence electrons. The summed E-state index contributed by atoms with van der Waals surface area (Å²) in [5, 5.41) is 0. The number of rotatable bonds is 4. The van der Waals surface area contributed by atoms with Crippen LogP contribution in [-0.2, 0) is 6.42 Å². The Kier molecular flexibility index (Phi) is 5.86. The fraction of sp³-hybridized carbons (Fsp3) is 0.529. The lowest BCUT2D eigenvalue weighted by molar-refractivity contribution is 0.407. The van der Waals surface area contributed by atoms with Gasteiger partial charge in [-0.25, -0.2) is 0 Å². The van der Waals surface area contributed by atoms with Crippen molar-refractivity contribution < 1.29 is 0 Å². The van der Waals surface area contributed by atoms with E-state index in [2.05, 4.69) is 42.7 Å². The minimum atomic E-state index is 0.940. The normalized spacial score (nSPS) is 22.2. The highest BCUT2D eigenvalue weighted by atomic mass is 32.2. The van der Waals surface area contributed by atoms with Crippen LogP contribution in [0, 0.1) is 5.92 Å². The van der Waals surface area contributed by atoms with Gasteiger partial charge in [-0.2, -0.15) is 0 Å². The first kappa shape index (κ1) is 13.7. The molecule has 0 spiro atoms. The van der Waals surface area contributed by atoms with Crippen LogP contribution in [0.3, 0.4) is 0 Å². The molecule has 0 saturated carbocycles. The average Bonchev–Trinajstić information content (AvgIpc) is 2.38. The van der Waals surface area contributed by atoms with Gasteiger partial charge in [-0.1, -0.05) is 30.7 Å². The molecule has 1 aromatic rings. The van der Waals surface area contributed by atoms with Gasteiger partial charge in [0, 0.05) is 4.90 Å². The van der Waals surface area contributed by atoms with Crippen molar-refractivity contribution in [3.05, 3.63) is 42.0 Å². The second kappa shape index (κ2) is 7.68. The smallest absolute Gasteiger partial charge is 0.00693 e. The van der Waals surface area contributed by atoms with Crippen LogP contribution in [0.1, 0.15) is 44.1 Å². The standard InChI is InChI=1S/C17H24S/c1-18-17-13-11-16(12-14-17)10-9-15-7-5-3-2-4-6-8-15/h2-3,11-15H,4-10H2,1H3/b3-2-. The van der Waals surface area contributed by atoms with Crippen molar-refractivity contribution in [1.82, 2.24) is 0 Å². The van der Waals surface area contributed by atoms with E-state index in [1.807, 2.05) is 11.8 Å². The lowest BCUT2D eigenvalue weighted by atomic mass is 9.89. The van der Waals surface area contributed by atoms with E-state index < -0.39 is 0 Å². The summed E-state index contributed by atoms with van der Waals surface area (Å²) in [6.07, 6.45) is 16.3. The monoisotopic (exact) mass is 260 g/mol. The van der Waals surface area contributed by atoms with Crippen molar-refractivity contribution in [2.24, 2.45) is 5.92 Å². The number of allylic oxidation sites excluding steroid dienone is 2. The van der Waals surface area contributed by atoms with Crippen molar-refractivity contribution >= 4 is 11.8 Å². The van der Waals surface area contributed by atoms with Gasteiger partial charge in [-0.15, -0.1) is 11.8 Å². The van der Waals surface area contributed by atoms with Crippen molar-refractivity contribution in [3.8, 4) is 0 Å². The topological polar surface area (TPSA) is 0 Å². The third kappa shape index (κ3) is 4.53. The minimum Gasteiger partial charge on any atom is -0.130 e. The molecule has 0 aromatic heterocycles. The Hall–Kier alpha value is -0.690. The summed E-state index contributed by atoms with van der Waals surface area (Å²) in [4.78, 5) is 1.37. The van der Waals surface area contributed by atoms with Gasteiger partial charge >= 0.3 is 0 Å². The van der Waals surface area contributed by atoms with Gasteiger partial charge in [0.25, 0.3) is 0 Å². The zero-order chi connectivity index (χ0) is 12.6. The maximum Gasteiger partial charge on any atom is 0.00693 e. The minimum absolute atomic E-state index is 0.940. The van der Waals surface area contributed by atoms with Crippen LogP contribution in [0.5, 0.6) is 0 Å². The molecule has 1 aromatic carbocycles. The zero-order valence-electron chi connectivity index (χ0n) is 11.4. The highest BCUT2D eigenvalue weighted by Gasteiger charge is 2.09. The molecule has 0 radical (unpaired) electrons. The molecule has 1 heteroatoms. The van der Waals surface area contributed by atoms with Gasteiger partial charge in [0.15, 0.2) is 0 Å². The molecule has 0 aliphatic heterocycles. The Labute approximate surface area is 116 Å². The van der Waals surface area contributed by atoms with Crippen molar-refractivity contribution in [3.63, 3.8) is 0 Å². The van der Waals surface area contributed by atoms with Crippen LogP contribution in [0.2, 0.25) is 0 Å². The number of thioether (sulfide) groups is 1. The molecule has 0 bridgehead atoms. The molecule has 1 aliphatic rings. The number of hydrogen-bond acceptors (Lipinski definition) is 1. The second-order valence-corrected chi connectivity index (χ2v) is 6.11. The predicted octanol–water partition coefficient (Wildman–Crippen LogP) is 5.48. The Morgan fingerprint density at radius 3 is 2.61 bits per heavy atom. The third-order valence-corrected chi connectivity index (χ3v) is 4.64. The predicted molar refractivity (Wildman–Crippen MR) is 82.3 cm³/mol. The Morgan fingerprint density at radius 1 is 1.06 bits per heavy atom. The van der Waals surface area contributed by atoms with Crippen LogP contribution in [0.25, 0.3) is 0 Å². The molecule has 0 nitrogen and oxygen atoms in total. The molecular formula is C17H24S. The molecule has 1 atom stereocenters. The van der Waals surface area contributed by atoms with E-state index in [1.54, 1.807) is 0 Å². The summed E-state index contributed by atoms with van der Waals surface area (Å²) >= 11 is 1.82. The number of hydrogen-bond donors (Lipinski definition) is 0. The highest BCUT2D eigenvalue weighted by molar-refractivity contribution is 7.98. The summed E-state index contributed by atoms with van der Waals surface area (Å²) < 4.78 is 0. The van der Waals surface area contributed by atoms with Crippen LogP contribution in [0.15, 0.2) is 41.3 Å². The first-order chi connectivity index (χ1) is 8.88. The molecule has 0 heterocycles. The maximum atomic E-state index is 2.37. The van der Waals surface area contributed by atoms with Gasteiger partial charge in [-0.3, -0.25) is 0 Å². The van der Waals surface area contributed by atoms with Gasteiger partial charge < -0.3 is 0 Å². The zero-order valence-corrected chi connectivity index (χ0v) is 12.2. The van der Waals surface area contributed by atoms with Gasteiger partial charge in [-0.05, 0) is 68.4 Å².